The van der Waals surface area contributed by atoms with Gasteiger partial charge in [0, 0.05) is 10.4 Å². The fourth-order valence-corrected chi connectivity index (χ4v) is 0. The second kappa shape index (κ2) is 5.53. The Labute approximate surface area is 61.9 Å². The molecule has 0 bridgehead atoms. The van der Waals surface area contributed by atoms with E-state index in [1.54, 1.807) is 0 Å². The topological polar surface area (TPSA) is 110 Å². The van der Waals surface area contributed by atoms with Crippen molar-refractivity contribution in [2.24, 2.45) is 2.99 Å². The molecule has 0 aliphatic heterocycles. The normalized spacial score (nSPS) is 8.62. The zero-order valence-corrected chi connectivity index (χ0v) is 8.10. The van der Waals surface area contributed by atoms with Crippen LogP contribution in [0, 0.1) is 4.91 Å². The van der Waals surface area contributed by atoms with Crippen LogP contribution in [0.5, 0.6) is 0 Å². The van der Waals surface area contributed by atoms with E-state index < -0.39 is 10.4 Å². The van der Waals surface area contributed by atoms with E-state index in [0.29, 0.717) is 26.1 Å². The van der Waals surface area contributed by atoms with Crippen molar-refractivity contribution in [2.45, 2.75) is 0 Å². The van der Waals surface area contributed by atoms with Crippen LogP contribution in [0.15, 0.2) is 2.99 Å². The van der Waals surface area contributed by atoms with E-state index in [0.717, 1.165) is 0 Å². The first-order valence-electron chi connectivity index (χ1n) is 1.07. The predicted molar refractivity (Wildman–Crippen MR) is 22.0 cm³/mol. The fourth-order valence-electron chi connectivity index (χ4n) is 0. The molecular weight excluding hydrogens is 333 g/mol. The number of hydrogen-bond acceptors (Lipinski definition) is 6. The van der Waals surface area contributed by atoms with Crippen molar-refractivity contribution in [3.63, 3.8) is 0 Å². The van der Waals surface area contributed by atoms with Gasteiger partial charge in [-0.05, 0) is 0 Å². The third-order valence-corrected chi connectivity index (χ3v) is 0. The average Bonchev–Trinajstić information content (AvgIpc) is 1.27. The number of rotatable bonds is 0. The number of nitrogens with zero attached hydrogens (tertiary/aromatic N) is 1. The molecule has 0 amide bonds. The molecule has 0 aromatic carbocycles. The molecule has 0 aromatic heterocycles. The molecule has 0 atom stereocenters. The Morgan fingerprint density at radius 3 is 1.38 bits per heavy atom. The molecular formula is NO5PbS. The Kier molecular flexibility index (Phi) is 7.75. The summed E-state index contributed by atoms with van der Waals surface area (Å²) in [7, 11) is -5.17. The minimum atomic E-state index is -5.17. The molecule has 0 aromatic rings. The molecule has 0 aliphatic rings. The summed E-state index contributed by atoms with van der Waals surface area (Å²) in [5.41, 5.74) is 0. The fraction of sp³-hybridized carbons (Fsp3) is 0. The van der Waals surface area contributed by atoms with Gasteiger partial charge in [0.15, 0.2) is 0 Å². The Morgan fingerprint density at radius 2 is 1.38 bits per heavy atom. The van der Waals surface area contributed by atoms with Crippen LogP contribution in [0.3, 0.4) is 0 Å². The molecule has 45 valence electrons. The molecule has 0 unspecified atom stereocenters. The van der Waals surface area contributed by atoms with E-state index in [2.05, 4.69) is 2.99 Å². The van der Waals surface area contributed by atoms with Crippen LogP contribution in [0.1, 0.15) is 0 Å². The van der Waals surface area contributed by atoms with Gasteiger partial charge in [0.1, 0.15) is 0 Å². The summed E-state index contributed by atoms with van der Waals surface area (Å²) < 4.78 is 36.5. The standard InChI is InChI=1S/NO.H2O4S.Pb/c1-2;1-5(2,3)4;/h;(H2,1,2,3,4);/q-1;;+3/p-2. The minimum absolute atomic E-state index is 0.438. The van der Waals surface area contributed by atoms with Crippen molar-refractivity contribution in [1.82, 2.24) is 0 Å². The summed E-state index contributed by atoms with van der Waals surface area (Å²) in [5.74, 6) is 0. The van der Waals surface area contributed by atoms with Gasteiger partial charge in [0.05, 0.1) is 0 Å². The van der Waals surface area contributed by atoms with E-state index in [1.807, 2.05) is 0 Å². The predicted octanol–water partition coefficient (Wildman–Crippen LogP) is -1.50. The molecule has 0 saturated heterocycles. The van der Waals surface area contributed by atoms with Gasteiger partial charge in [0.25, 0.3) is 0 Å². The molecule has 8 heteroatoms. The number of hydrogen-bond donors (Lipinski definition) is 0. The van der Waals surface area contributed by atoms with E-state index >= 15 is 0 Å². The summed E-state index contributed by atoms with van der Waals surface area (Å²) in [4.78, 5) is 8.62. The van der Waals surface area contributed by atoms with Gasteiger partial charge >= 0.3 is 34.0 Å². The quantitative estimate of drug-likeness (QED) is 0.232. The Morgan fingerprint density at radius 1 is 1.38 bits per heavy atom. The molecule has 0 heterocycles. The van der Waals surface area contributed by atoms with Crippen molar-refractivity contribution < 1.29 is 17.5 Å². The molecule has 0 fully saturated rings. The van der Waals surface area contributed by atoms with Crippen molar-refractivity contribution >= 4 is 36.5 Å². The summed E-state index contributed by atoms with van der Waals surface area (Å²) in [5, 5.41) is 0. The van der Waals surface area contributed by atoms with Crippen LogP contribution < -0.4 is 0 Å². The maximum absolute atomic E-state index is 8.62. The van der Waals surface area contributed by atoms with E-state index in [9.17, 15) is 0 Å². The van der Waals surface area contributed by atoms with Crippen LogP contribution in [0.2, 0.25) is 0 Å². The van der Waals surface area contributed by atoms with Gasteiger partial charge in [-0.3, -0.25) is 8.42 Å². The third-order valence-electron chi connectivity index (χ3n) is 0. The van der Waals surface area contributed by atoms with Crippen LogP contribution >= 0.6 is 0 Å². The van der Waals surface area contributed by atoms with Gasteiger partial charge in [-0.1, -0.05) is 0 Å². The molecule has 0 aliphatic carbocycles. The summed E-state index contributed by atoms with van der Waals surface area (Å²) >= 11 is 0.438. The third kappa shape index (κ3) is 1210. The monoisotopic (exact) mass is 334 g/mol. The van der Waals surface area contributed by atoms with E-state index in [1.165, 1.54) is 0 Å². The first kappa shape index (κ1) is 11.2. The summed E-state index contributed by atoms with van der Waals surface area (Å²) in [6, 6.07) is 0. The van der Waals surface area contributed by atoms with Crippen LogP contribution in [0.4, 0.5) is 0 Å². The molecule has 0 saturated carbocycles. The van der Waals surface area contributed by atoms with Gasteiger partial charge in [-0.25, -0.2) is 0 Å². The first-order valence-corrected chi connectivity index (χ1v) is 4.14. The van der Waals surface area contributed by atoms with Crippen molar-refractivity contribution in [2.75, 3.05) is 0 Å². The SMILES string of the molecule is O=S(=O)([O-])[O-].O=[N][Pb+2]. The summed E-state index contributed by atoms with van der Waals surface area (Å²) in [6.07, 6.45) is 0. The van der Waals surface area contributed by atoms with Crippen molar-refractivity contribution in [3.05, 3.63) is 4.91 Å². The Hall–Kier alpha value is 0.392. The average molecular weight is 333 g/mol. The molecule has 6 nitrogen and oxygen atoms in total. The first-order chi connectivity index (χ1) is 3.41. The molecule has 8 heavy (non-hydrogen) atoms. The van der Waals surface area contributed by atoms with E-state index in [-0.39, 0.29) is 0 Å². The van der Waals surface area contributed by atoms with Crippen LogP contribution in [0.25, 0.3) is 0 Å². The molecule has 1 radical (unpaired) electrons. The van der Waals surface area contributed by atoms with Crippen molar-refractivity contribution in [3.8, 4) is 0 Å². The van der Waals surface area contributed by atoms with Gasteiger partial charge < -0.3 is 9.11 Å². The van der Waals surface area contributed by atoms with Crippen LogP contribution in [-0.4, -0.2) is 43.6 Å². The van der Waals surface area contributed by atoms with E-state index in [4.69, 9.17) is 22.4 Å². The maximum atomic E-state index is 8.62. The zero-order chi connectivity index (χ0) is 7.21. The van der Waals surface area contributed by atoms with Gasteiger partial charge in [0.2, 0.25) is 0 Å². The second-order valence-corrected chi connectivity index (χ2v) is 2.03. The van der Waals surface area contributed by atoms with Gasteiger partial charge in [-0.2, -0.15) is 0 Å². The number of nitroso groups, excluding NO2 is 1. The summed E-state index contributed by atoms with van der Waals surface area (Å²) in [6.45, 7) is 0. The molecule has 0 spiro atoms. The molecule has 0 rings (SSSR count). The van der Waals surface area contributed by atoms with Crippen LogP contribution in [-0.2, 0) is 10.4 Å². The van der Waals surface area contributed by atoms with Crippen molar-refractivity contribution in [1.29, 1.82) is 0 Å². The second-order valence-electron chi connectivity index (χ2n) is 0.500. The Balaban J connectivity index is 0. The molecule has 0 N–H and O–H groups in total. The zero-order valence-electron chi connectivity index (χ0n) is 3.40. The Bertz CT molecular complexity index is 127. The van der Waals surface area contributed by atoms with Gasteiger partial charge in [-0.15, -0.1) is 0 Å².